The summed E-state index contributed by atoms with van der Waals surface area (Å²) in [6.07, 6.45) is 0.603. The van der Waals surface area contributed by atoms with E-state index >= 15 is 0 Å². The van der Waals surface area contributed by atoms with E-state index < -0.39 is 11.4 Å². The molecule has 0 aromatic rings. The van der Waals surface area contributed by atoms with Gasteiger partial charge in [-0.05, 0) is 32.2 Å². The molecule has 0 heterocycles. The van der Waals surface area contributed by atoms with Crippen molar-refractivity contribution in [3.05, 3.63) is 0 Å². The Morgan fingerprint density at radius 1 is 1.33 bits per heavy atom. The molecule has 0 spiro atoms. The molecule has 72 valence electrons. The zero-order chi connectivity index (χ0) is 9.99. The van der Waals surface area contributed by atoms with Crippen LogP contribution in [0.1, 0.15) is 34.1 Å². The van der Waals surface area contributed by atoms with Crippen LogP contribution < -0.4 is 5.73 Å². The summed E-state index contributed by atoms with van der Waals surface area (Å²) >= 11 is 0. The standard InChI is InChI=1S/C9H19NO2/c1-8(2,6-10)5-9(3,4)7(11)12/h5-6,10H2,1-4H3,(H,11,12). The zero-order valence-corrected chi connectivity index (χ0v) is 8.35. The van der Waals surface area contributed by atoms with Gasteiger partial charge in [0, 0.05) is 0 Å². The molecular formula is C9H19NO2. The molecule has 0 aromatic heterocycles. The quantitative estimate of drug-likeness (QED) is 0.676. The lowest BCUT2D eigenvalue weighted by atomic mass is 9.75. The second-order valence-corrected chi connectivity index (χ2v) is 4.73. The molecule has 0 aromatic carbocycles. The Labute approximate surface area is 74.0 Å². The van der Waals surface area contributed by atoms with Crippen molar-refractivity contribution >= 4 is 5.97 Å². The predicted molar refractivity (Wildman–Crippen MR) is 48.9 cm³/mol. The summed E-state index contributed by atoms with van der Waals surface area (Å²) in [5.74, 6) is -0.760. The highest BCUT2D eigenvalue weighted by molar-refractivity contribution is 5.73. The lowest BCUT2D eigenvalue weighted by Gasteiger charge is -2.30. The first kappa shape index (κ1) is 11.4. The van der Waals surface area contributed by atoms with Crippen LogP contribution in [0.3, 0.4) is 0 Å². The monoisotopic (exact) mass is 173 g/mol. The van der Waals surface area contributed by atoms with Gasteiger partial charge in [0.2, 0.25) is 0 Å². The van der Waals surface area contributed by atoms with Crippen LogP contribution in [0.2, 0.25) is 0 Å². The van der Waals surface area contributed by atoms with E-state index in [-0.39, 0.29) is 5.41 Å². The van der Waals surface area contributed by atoms with Crippen molar-refractivity contribution in [3.8, 4) is 0 Å². The van der Waals surface area contributed by atoms with Crippen LogP contribution in [0, 0.1) is 10.8 Å². The minimum absolute atomic E-state index is 0.0953. The second kappa shape index (κ2) is 3.44. The number of carboxylic acids is 1. The molecular weight excluding hydrogens is 154 g/mol. The van der Waals surface area contributed by atoms with Crippen molar-refractivity contribution in [2.45, 2.75) is 34.1 Å². The number of hydrogen-bond donors (Lipinski definition) is 2. The van der Waals surface area contributed by atoms with Crippen molar-refractivity contribution < 1.29 is 9.90 Å². The minimum atomic E-state index is -0.760. The van der Waals surface area contributed by atoms with Crippen LogP contribution in [0.5, 0.6) is 0 Å². The van der Waals surface area contributed by atoms with E-state index in [9.17, 15) is 4.79 Å². The van der Waals surface area contributed by atoms with Gasteiger partial charge in [-0.2, -0.15) is 0 Å². The van der Waals surface area contributed by atoms with Crippen LogP contribution in [-0.4, -0.2) is 17.6 Å². The van der Waals surface area contributed by atoms with Crippen LogP contribution in [0.25, 0.3) is 0 Å². The highest BCUT2D eigenvalue weighted by Crippen LogP contribution is 2.32. The maximum absolute atomic E-state index is 10.8. The van der Waals surface area contributed by atoms with Gasteiger partial charge in [0.05, 0.1) is 5.41 Å². The molecule has 0 aliphatic heterocycles. The van der Waals surface area contributed by atoms with E-state index in [4.69, 9.17) is 10.8 Å². The number of rotatable bonds is 4. The third-order valence-electron chi connectivity index (χ3n) is 2.05. The Kier molecular flexibility index (Phi) is 3.27. The highest BCUT2D eigenvalue weighted by Gasteiger charge is 2.33. The summed E-state index contributed by atoms with van der Waals surface area (Å²) in [5.41, 5.74) is 4.75. The third kappa shape index (κ3) is 3.22. The van der Waals surface area contributed by atoms with Gasteiger partial charge >= 0.3 is 5.97 Å². The maximum atomic E-state index is 10.8. The van der Waals surface area contributed by atoms with Gasteiger partial charge < -0.3 is 10.8 Å². The average Bonchev–Trinajstić information content (AvgIpc) is 1.85. The van der Waals surface area contributed by atoms with Crippen molar-refractivity contribution in [1.82, 2.24) is 0 Å². The first-order valence-electron chi connectivity index (χ1n) is 4.15. The van der Waals surface area contributed by atoms with Crippen LogP contribution in [0.15, 0.2) is 0 Å². The topological polar surface area (TPSA) is 63.3 Å². The van der Waals surface area contributed by atoms with Crippen LogP contribution in [0.4, 0.5) is 0 Å². The largest absolute Gasteiger partial charge is 0.481 e. The van der Waals surface area contributed by atoms with Gasteiger partial charge in [0.25, 0.3) is 0 Å². The minimum Gasteiger partial charge on any atom is -0.481 e. The summed E-state index contributed by atoms with van der Waals surface area (Å²) in [5, 5.41) is 8.86. The molecule has 0 fully saturated rings. The normalized spacial score (nSPS) is 13.1. The molecule has 3 nitrogen and oxygen atoms in total. The molecule has 0 unspecified atom stereocenters. The molecule has 0 saturated heterocycles. The van der Waals surface area contributed by atoms with E-state index in [1.807, 2.05) is 13.8 Å². The van der Waals surface area contributed by atoms with E-state index in [0.717, 1.165) is 0 Å². The van der Waals surface area contributed by atoms with Crippen LogP contribution in [-0.2, 0) is 4.79 Å². The lowest BCUT2D eigenvalue weighted by molar-refractivity contribution is -0.148. The predicted octanol–water partition coefficient (Wildman–Crippen LogP) is 1.47. The Morgan fingerprint density at radius 2 is 1.75 bits per heavy atom. The zero-order valence-electron chi connectivity index (χ0n) is 8.35. The molecule has 0 atom stereocenters. The van der Waals surface area contributed by atoms with Gasteiger partial charge in [-0.25, -0.2) is 0 Å². The summed E-state index contributed by atoms with van der Waals surface area (Å²) in [6.45, 7) is 7.94. The number of carbonyl (C=O) groups is 1. The maximum Gasteiger partial charge on any atom is 0.309 e. The molecule has 0 aliphatic carbocycles. The summed E-state index contributed by atoms with van der Waals surface area (Å²) in [7, 11) is 0. The van der Waals surface area contributed by atoms with Gasteiger partial charge in [0.15, 0.2) is 0 Å². The van der Waals surface area contributed by atoms with E-state index in [2.05, 4.69) is 0 Å². The SMILES string of the molecule is CC(C)(CN)CC(C)(C)C(=O)O. The Morgan fingerprint density at radius 3 is 2.00 bits per heavy atom. The first-order chi connectivity index (χ1) is 5.21. The lowest BCUT2D eigenvalue weighted by Crippen LogP contribution is -2.34. The highest BCUT2D eigenvalue weighted by atomic mass is 16.4. The summed E-state index contributed by atoms with van der Waals surface area (Å²) in [4.78, 5) is 10.8. The number of carboxylic acid groups (broad SMARTS) is 1. The fourth-order valence-electron chi connectivity index (χ4n) is 1.34. The third-order valence-corrected chi connectivity index (χ3v) is 2.05. The summed E-state index contributed by atoms with van der Waals surface area (Å²) in [6, 6.07) is 0. The Balaban J connectivity index is 4.34. The second-order valence-electron chi connectivity index (χ2n) is 4.73. The van der Waals surface area contributed by atoms with Gasteiger partial charge in [-0.15, -0.1) is 0 Å². The number of nitrogens with two attached hydrogens (primary N) is 1. The number of hydrogen-bond acceptors (Lipinski definition) is 2. The first-order valence-corrected chi connectivity index (χ1v) is 4.15. The van der Waals surface area contributed by atoms with Crippen molar-refractivity contribution in [2.75, 3.05) is 6.54 Å². The fraction of sp³-hybridized carbons (Fsp3) is 0.889. The molecule has 0 rings (SSSR count). The van der Waals surface area contributed by atoms with E-state index in [1.165, 1.54) is 0 Å². The molecule has 0 bridgehead atoms. The van der Waals surface area contributed by atoms with Gasteiger partial charge in [-0.3, -0.25) is 4.79 Å². The van der Waals surface area contributed by atoms with Gasteiger partial charge in [0.1, 0.15) is 0 Å². The molecule has 3 N–H and O–H groups in total. The van der Waals surface area contributed by atoms with E-state index in [1.54, 1.807) is 13.8 Å². The van der Waals surface area contributed by atoms with Crippen molar-refractivity contribution in [2.24, 2.45) is 16.6 Å². The van der Waals surface area contributed by atoms with E-state index in [0.29, 0.717) is 13.0 Å². The van der Waals surface area contributed by atoms with Crippen molar-refractivity contribution in [1.29, 1.82) is 0 Å². The Hall–Kier alpha value is -0.570. The molecule has 0 saturated carbocycles. The van der Waals surface area contributed by atoms with Crippen LogP contribution >= 0.6 is 0 Å². The molecule has 12 heavy (non-hydrogen) atoms. The van der Waals surface area contributed by atoms with Crippen molar-refractivity contribution in [3.63, 3.8) is 0 Å². The smallest absolute Gasteiger partial charge is 0.309 e. The van der Waals surface area contributed by atoms with Gasteiger partial charge in [-0.1, -0.05) is 13.8 Å². The average molecular weight is 173 g/mol. The molecule has 0 radical (unpaired) electrons. The number of aliphatic carboxylic acids is 1. The molecule has 0 amide bonds. The fourth-order valence-corrected chi connectivity index (χ4v) is 1.34. The molecule has 0 aliphatic rings. The molecule has 3 heteroatoms. The summed E-state index contributed by atoms with van der Waals surface area (Å²) < 4.78 is 0. The Bertz CT molecular complexity index is 173.